The van der Waals surface area contributed by atoms with Gasteiger partial charge in [0.1, 0.15) is 11.6 Å². The minimum Gasteiger partial charge on any atom is -0.476 e. The number of aromatic carboxylic acids is 1. The van der Waals surface area contributed by atoms with E-state index in [0.717, 1.165) is 36.1 Å². The molecule has 4 aromatic rings. The Labute approximate surface area is 223 Å². The monoisotopic (exact) mass is 529 g/mol. The molecule has 0 radical (unpaired) electrons. The van der Waals surface area contributed by atoms with Crippen LogP contribution in [0.2, 0.25) is 0 Å². The van der Waals surface area contributed by atoms with E-state index in [0.29, 0.717) is 39.9 Å². The van der Waals surface area contributed by atoms with Crippen LogP contribution in [-0.4, -0.2) is 25.8 Å². The lowest BCUT2D eigenvalue weighted by molar-refractivity contribution is 0.0691. The second-order valence-corrected chi connectivity index (χ2v) is 10.5. The Balaban J connectivity index is 1.71. The third-order valence-corrected chi connectivity index (χ3v) is 7.24. The predicted molar refractivity (Wildman–Crippen MR) is 144 cm³/mol. The maximum absolute atomic E-state index is 14.6. The van der Waals surface area contributed by atoms with Gasteiger partial charge in [-0.3, -0.25) is 0 Å². The molecule has 2 aromatic carbocycles. The highest BCUT2D eigenvalue weighted by Gasteiger charge is 2.29. The molecular formula is C30H25F2N3O2S. The molecule has 0 unspecified atom stereocenters. The average molecular weight is 530 g/mol. The number of carboxylic acids is 1. The minimum atomic E-state index is -1.11. The van der Waals surface area contributed by atoms with Gasteiger partial charge in [0.2, 0.25) is 5.13 Å². The summed E-state index contributed by atoms with van der Waals surface area (Å²) in [6.07, 6.45) is 3.31. The zero-order valence-corrected chi connectivity index (χ0v) is 21.8. The number of hydrogen-bond acceptors (Lipinski definition) is 4. The number of allylic oxidation sites excluding steroid dienone is 1. The van der Waals surface area contributed by atoms with Crippen LogP contribution in [0.25, 0.3) is 16.4 Å². The van der Waals surface area contributed by atoms with Crippen molar-refractivity contribution in [3.05, 3.63) is 99.2 Å². The first kappa shape index (κ1) is 25.6. The van der Waals surface area contributed by atoms with Crippen molar-refractivity contribution in [3.8, 4) is 28.2 Å². The Morgan fingerprint density at radius 3 is 2.66 bits per heavy atom. The molecule has 1 aliphatic carbocycles. The van der Waals surface area contributed by atoms with E-state index >= 15 is 0 Å². The third kappa shape index (κ3) is 5.43. The number of aryl methyl sites for hydroxylation is 1. The van der Waals surface area contributed by atoms with Gasteiger partial charge in [-0.15, -0.1) is 11.3 Å². The van der Waals surface area contributed by atoms with Crippen LogP contribution in [0.3, 0.4) is 0 Å². The molecule has 0 spiro atoms. The summed E-state index contributed by atoms with van der Waals surface area (Å²) in [5.41, 5.74) is 5.15. The zero-order chi connectivity index (χ0) is 27.0. The van der Waals surface area contributed by atoms with Crippen molar-refractivity contribution in [2.75, 3.05) is 0 Å². The van der Waals surface area contributed by atoms with E-state index in [1.165, 1.54) is 28.8 Å². The van der Waals surface area contributed by atoms with Crippen molar-refractivity contribution < 1.29 is 18.7 Å². The van der Waals surface area contributed by atoms with Crippen molar-refractivity contribution in [1.82, 2.24) is 14.8 Å². The van der Waals surface area contributed by atoms with Gasteiger partial charge in [0.25, 0.3) is 0 Å². The maximum atomic E-state index is 14.6. The van der Waals surface area contributed by atoms with Crippen molar-refractivity contribution in [2.24, 2.45) is 5.92 Å². The number of carboxylic acid groups (broad SMARTS) is 1. The molecule has 38 heavy (non-hydrogen) atoms. The molecule has 2 heterocycles. The van der Waals surface area contributed by atoms with Crippen LogP contribution in [0.1, 0.15) is 58.2 Å². The summed E-state index contributed by atoms with van der Waals surface area (Å²) in [6.45, 7) is 7.23. The minimum absolute atomic E-state index is 0.0549. The van der Waals surface area contributed by atoms with E-state index in [-0.39, 0.29) is 17.1 Å². The molecule has 0 aliphatic heterocycles. The van der Waals surface area contributed by atoms with Crippen molar-refractivity contribution >= 4 is 17.3 Å². The SMILES string of the molecule is C=C(C)C#Cc1cc(-c2nn(-c3nc(C(=O)O)cs3)c(CC3CC3)c2Cc2ccc(C)c(F)c2)ccc1F. The fourth-order valence-corrected chi connectivity index (χ4v) is 4.99. The molecule has 1 saturated carbocycles. The lowest BCUT2D eigenvalue weighted by Gasteiger charge is -2.10. The first-order valence-corrected chi connectivity index (χ1v) is 13.1. The van der Waals surface area contributed by atoms with E-state index < -0.39 is 11.8 Å². The van der Waals surface area contributed by atoms with Gasteiger partial charge in [0.05, 0.1) is 17.0 Å². The number of halogens is 2. The summed E-state index contributed by atoms with van der Waals surface area (Å²) in [4.78, 5) is 15.8. The van der Waals surface area contributed by atoms with Crippen molar-refractivity contribution in [2.45, 2.75) is 39.5 Å². The first-order valence-electron chi connectivity index (χ1n) is 12.2. The summed E-state index contributed by atoms with van der Waals surface area (Å²) in [5.74, 6) is 4.29. The van der Waals surface area contributed by atoms with E-state index in [9.17, 15) is 18.7 Å². The Kier molecular flexibility index (Phi) is 6.96. The van der Waals surface area contributed by atoms with Crippen LogP contribution in [0, 0.1) is 36.3 Å². The second kappa shape index (κ2) is 10.3. The average Bonchev–Trinajstić information content (AvgIpc) is 3.43. The number of thiazole rings is 1. The first-order chi connectivity index (χ1) is 18.2. The van der Waals surface area contributed by atoms with Crippen molar-refractivity contribution in [3.63, 3.8) is 0 Å². The molecule has 1 aliphatic rings. The Hall–Kier alpha value is -4.09. The third-order valence-electron chi connectivity index (χ3n) is 6.43. The predicted octanol–water partition coefficient (Wildman–Crippen LogP) is 6.75. The van der Waals surface area contributed by atoms with E-state index in [1.807, 2.05) is 6.07 Å². The summed E-state index contributed by atoms with van der Waals surface area (Å²) in [7, 11) is 0. The van der Waals surface area contributed by atoms with Gasteiger partial charge in [-0.25, -0.2) is 23.2 Å². The standard InChI is InChI=1S/C30H25F2N3O2S/c1-17(2)4-9-21-15-22(10-11-24(21)31)28-23(12-20-6-5-18(3)25(32)13-20)27(14-19-7-8-19)35(34-28)30-33-26(16-38-30)29(36)37/h5-6,10-11,13,15-16,19H,1,7-8,12,14H2,2-3H3,(H,36,37). The van der Waals surface area contributed by atoms with Gasteiger partial charge < -0.3 is 5.11 Å². The van der Waals surface area contributed by atoms with Gasteiger partial charge in [0, 0.05) is 22.9 Å². The number of nitrogens with zero attached hydrogens (tertiary/aromatic N) is 3. The molecule has 5 nitrogen and oxygen atoms in total. The van der Waals surface area contributed by atoms with Crippen LogP contribution in [-0.2, 0) is 12.8 Å². The fraction of sp³-hybridized carbons (Fsp3) is 0.233. The highest BCUT2D eigenvalue weighted by molar-refractivity contribution is 7.12. The smallest absolute Gasteiger partial charge is 0.355 e. The van der Waals surface area contributed by atoms with Crippen LogP contribution >= 0.6 is 11.3 Å². The summed E-state index contributed by atoms with van der Waals surface area (Å²) in [5, 5.41) is 16.2. The van der Waals surface area contributed by atoms with E-state index in [4.69, 9.17) is 5.10 Å². The van der Waals surface area contributed by atoms with Gasteiger partial charge in [0.15, 0.2) is 5.69 Å². The quantitative estimate of drug-likeness (QED) is 0.269. The Bertz CT molecular complexity index is 1640. The molecule has 0 saturated heterocycles. The number of rotatable bonds is 7. The Morgan fingerprint density at radius 1 is 1.21 bits per heavy atom. The maximum Gasteiger partial charge on any atom is 0.355 e. The van der Waals surface area contributed by atoms with E-state index in [1.54, 1.807) is 36.7 Å². The molecule has 5 rings (SSSR count). The summed E-state index contributed by atoms with van der Waals surface area (Å²) < 4.78 is 30.8. The number of carbonyl (C=O) groups is 1. The molecule has 0 amide bonds. The highest BCUT2D eigenvalue weighted by atomic mass is 32.1. The van der Waals surface area contributed by atoms with Crippen LogP contribution in [0.5, 0.6) is 0 Å². The molecule has 2 aromatic heterocycles. The summed E-state index contributed by atoms with van der Waals surface area (Å²) >= 11 is 1.19. The zero-order valence-electron chi connectivity index (χ0n) is 21.0. The molecule has 1 fully saturated rings. The number of hydrogen-bond donors (Lipinski definition) is 1. The lowest BCUT2D eigenvalue weighted by atomic mass is 9.95. The number of aromatic nitrogens is 3. The summed E-state index contributed by atoms with van der Waals surface area (Å²) in [6, 6.07) is 9.83. The van der Waals surface area contributed by atoms with Crippen LogP contribution in [0.4, 0.5) is 8.78 Å². The second-order valence-electron chi connectivity index (χ2n) is 9.64. The molecule has 1 N–H and O–H groups in total. The number of benzene rings is 2. The van der Waals surface area contributed by atoms with Crippen molar-refractivity contribution in [1.29, 1.82) is 0 Å². The van der Waals surface area contributed by atoms with Crippen LogP contribution < -0.4 is 0 Å². The largest absolute Gasteiger partial charge is 0.476 e. The normalized spacial score (nSPS) is 12.7. The van der Waals surface area contributed by atoms with E-state index in [2.05, 4.69) is 23.4 Å². The molecule has 0 bridgehead atoms. The van der Waals surface area contributed by atoms with Gasteiger partial charge in [-0.05, 0) is 80.0 Å². The highest BCUT2D eigenvalue weighted by Crippen LogP contribution is 2.38. The Morgan fingerprint density at radius 2 is 2.00 bits per heavy atom. The van der Waals surface area contributed by atoms with Gasteiger partial charge in [-0.1, -0.05) is 30.6 Å². The fourth-order valence-electron chi connectivity index (χ4n) is 4.22. The molecular weight excluding hydrogens is 504 g/mol. The molecule has 0 atom stereocenters. The lowest BCUT2D eigenvalue weighted by Crippen LogP contribution is -2.06. The molecule has 8 heteroatoms. The topological polar surface area (TPSA) is 68.0 Å². The van der Waals surface area contributed by atoms with Gasteiger partial charge in [-0.2, -0.15) is 5.10 Å². The molecule has 192 valence electrons. The van der Waals surface area contributed by atoms with Crippen LogP contribution in [0.15, 0.2) is 53.9 Å². The van der Waals surface area contributed by atoms with Gasteiger partial charge >= 0.3 is 5.97 Å².